The molecule has 4 nitrogen and oxygen atoms in total. The monoisotopic (exact) mass is 308 g/mol. The van der Waals surface area contributed by atoms with E-state index >= 15 is 0 Å². The predicted molar refractivity (Wildman–Crippen MR) is 83.8 cm³/mol. The molecule has 1 aliphatic rings. The van der Waals surface area contributed by atoms with Gasteiger partial charge in [-0.1, -0.05) is 12.1 Å². The number of aliphatic hydroxyl groups is 1. The molecule has 5 heteroatoms. The van der Waals surface area contributed by atoms with E-state index in [4.69, 9.17) is 0 Å². The molecule has 0 bridgehead atoms. The predicted octanol–water partition coefficient (Wildman–Crippen LogP) is 2.14. The highest BCUT2D eigenvalue weighted by molar-refractivity contribution is 5.73. The van der Waals surface area contributed by atoms with Crippen molar-refractivity contribution in [3.8, 4) is 0 Å². The van der Waals surface area contributed by atoms with Gasteiger partial charge in [0.2, 0.25) is 5.91 Å². The van der Waals surface area contributed by atoms with Crippen molar-refractivity contribution in [2.24, 2.45) is 5.92 Å². The summed E-state index contributed by atoms with van der Waals surface area (Å²) in [5.74, 6) is 0.289. The molecule has 1 aromatic rings. The van der Waals surface area contributed by atoms with E-state index < -0.39 is 6.10 Å². The molecule has 0 aliphatic heterocycles. The second-order valence-electron chi connectivity index (χ2n) is 6.15. The normalized spacial score (nSPS) is 23.0. The molecule has 0 aromatic heterocycles. The van der Waals surface area contributed by atoms with Gasteiger partial charge in [0.15, 0.2) is 0 Å². The molecule has 0 heterocycles. The molecule has 1 aliphatic carbocycles. The van der Waals surface area contributed by atoms with Crippen molar-refractivity contribution in [3.05, 3.63) is 35.6 Å². The number of halogens is 1. The first kappa shape index (κ1) is 16.9. The summed E-state index contributed by atoms with van der Waals surface area (Å²) in [7, 11) is 0. The van der Waals surface area contributed by atoms with Crippen molar-refractivity contribution in [1.29, 1.82) is 0 Å². The minimum Gasteiger partial charge on any atom is -0.387 e. The molecule has 0 spiro atoms. The van der Waals surface area contributed by atoms with Crippen LogP contribution in [0.3, 0.4) is 0 Å². The summed E-state index contributed by atoms with van der Waals surface area (Å²) in [6.45, 7) is 2.83. The standard InChI is InChI=1S/C17H25FN2O2/c1-12(21)20-16-7-5-13(6-8-16)10-19-11-17(22)14-3-2-4-15(18)9-14/h2-4,9,13,16-17,19,22H,5-8,10-11H2,1H3,(H,20,21)/t13?,16?,17-/m0/s1. The topological polar surface area (TPSA) is 61.4 Å². The molecular formula is C17H25FN2O2. The number of nitrogens with one attached hydrogen (secondary N) is 2. The average Bonchev–Trinajstić information content (AvgIpc) is 2.48. The zero-order valence-corrected chi connectivity index (χ0v) is 13.0. The van der Waals surface area contributed by atoms with Crippen molar-refractivity contribution >= 4 is 5.91 Å². The van der Waals surface area contributed by atoms with E-state index in [2.05, 4.69) is 10.6 Å². The summed E-state index contributed by atoms with van der Waals surface area (Å²) in [5.41, 5.74) is 0.599. The van der Waals surface area contributed by atoms with Crippen LogP contribution in [0.2, 0.25) is 0 Å². The van der Waals surface area contributed by atoms with Gasteiger partial charge in [-0.05, 0) is 55.8 Å². The Kier molecular flexibility index (Phi) is 6.34. The summed E-state index contributed by atoms with van der Waals surface area (Å²) in [6, 6.07) is 6.39. The van der Waals surface area contributed by atoms with Crippen LogP contribution >= 0.6 is 0 Å². The lowest BCUT2D eigenvalue weighted by molar-refractivity contribution is -0.119. The molecule has 2 rings (SSSR count). The SMILES string of the molecule is CC(=O)NC1CCC(CNC[C@H](O)c2cccc(F)c2)CC1. The lowest BCUT2D eigenvalue weighted by Gasteiger charge is -2.29. The van der Waals surface area contributed by atoms with Crippen molar-refractivity contribution in [3.63, 3.8) is 0 Å². The maximum Gasteiger partial charge on any atom is 0.217 e. The van der Waals surface area contributed by atoms with Gasteiger partial charge in [-0.25, -0.2) is 4.39 Å². The highest BCUT2D eigenvalue weighted by Gasteiger charge is 2.21. The number of hydrogen-bond donors (Lipinski definition) is 3. The molecule has 1 aromatic carbocycles. The maximum absolute atomic E-state index is 13.1. The molecule has 1 atom stereocenters. The van der Waals surface area contributed by atoms with Gasteiger partial charge in [0.25, 0.3) is 0 Å². The van der Waals surface area contributed by atoms with Gasteiger partial charge in [-0.3, -0.25) is 4.79 Å². The van der Waals surface area contributed by atoms with Crippen molar-refractivity contribution in [1.82, 2.24) is 10.6 Å². The Morgan fingerprint density at radius 1 is 1.36 bits per heavy atom. The highest BCUT2D eigenvalue weighted by Crippen LogP contribution is 2.24. The van der Waals surface area contributed by atoms with E-state index in [0.717, 1.165) is 32.2 Å². The zero-order valence-electron chi connectivity index (χ0n) is 13.0. The highest BCUT2D eigenvalue weighted by atomic mass is 19.1. The Bertz CT molecular complexity index is 487. The third kappa shape index (κ3) is 5.39. The Morgan fingerprint density at radius 2 is 2.09 bits per heavy atom. The average molecular weight is 308 g/mol. The summed E-state index contributed by atoms with van der Waals surface area (Å²) in [4.78, 5) is 11.0. The van der Waals surface area contributed by atoms with Crippen molar-refractivity contribution < 1.29 is 14.3 Å². The molecule has 22 heavy (non-hydrogen) atoms. The lowest BCUT2D eigenvalue weighted by atomic mass is 9.86. The van der Waals surface area contributed by atoms with Gasteiger partial charge in [0.1, 0.15) is 5.82 Å². The van der Waals surface area contributed by atoms with Gasteiger partial charge in [0, 0.05) is 19.5 Å². The second-order valence-corrected chi connectivity index (χ2v) is 6.15. The fraction of sp³-hybridized carbons (Fsp3) is 0.588. The lowest BCUT2D eigenvalue weighted by Crippen LogP contribution is -2.38. The zero-order chi connectivity index (χ0) is 15.9. The van der Waals surface area contributed by atoms with Crippen LogP contribution in [0.4, 0.5) is 4.39 Å². The minimum absolute atomic E-state index is 0.0415. The first-order valence-electron chi connectivity index (χ1n) is 7.96. The van der Waals surface area contributed by atoms with Crippen LogP contribution in [0.25, 0.3) is 0 Å². The number of carbonyl (C=O) groups is 1. The number of hydrogen-bond acceptors (Lipinski definition) is 3. The second kappa shape index (κ2) is 8.25. The first-order valence-corrected chi connectivity index (χ1v) is 7.96. The van der Waals surface area contributed by atoms with Crippen LogP contribution in [-0.2, 0) is 4.79 Å². The Hall–Kier alpha value is -1.46. The van der Waals surface area contributed by atoms with Crippen LogP contribution in [-0.4, -0.2) is 30.1 Å². The summed E-state index contributed by atoms with van der Waals surface area (Å²) in [5, 5.41) is 16.3. The maximum atomic E-state index is 13.1. The molecule has 0 unspecified atom stereocenters. The quantitative estimate of drug-likeness (QED) is 0.754. The molecule has 3 N–H and O–H groups in total. The van der Waals surface area contributed by atoms with Gasteiger partial charge >= 0.3 is 0 Å². The van der Waals surface area contributed by atoms with Gasteiger partial charge in [-0.2, -0.15) is 0 Å². The summed E-state index contributed by atoms with van der Waals surface area (Å²) < 4.78 is 13.1. The minimum atomic E-state index is -0.689. The van der Waals surface area contributed by atoms with Gasteiger partial charge < -0.3 is 15.7 Å². The Balaban J connectivity index is 1.66. The van der Waals surface area contributed by atoms with E-state index in [9.17, 15) is 14.3 Å². The van der Waals surface area contributed by atoms with Crippen LogP contribution in [0.1, 0.15) is 44.3 Å². The fourth-order valence-electron chi connectivity index (χ4n) is 3.05. The summed E-state index contributed by atoms with van der Waals surface area (Å²) >= 11 is 0. The van der Waals surface area contributed by atoms with Crippen LogP contribution in [0, 0.1) is 11.7 Å². The Morgan fingerprint density at radius 3 is 2.73 bits per heavy atom. The third-order valence-corrected chi connectivity index (χ3v) is 4.26. The number of amides is 1. The van der Waals surface area contributed by atoms with Gasteiger partial charge in [0.05, 0.1) is 6.10 Å². The number of rotatable bonds is 6. The third-order valence-electron chi connectivity index (χ3n) is 4.26. The molecule has 1 amide bonds. The molecule has 122 valence electrons. The Labute approximate surface area is 131 Å². The van der Waals surface area contributed by atoms with Gasteiger partial charge in [-0.15, -0.1) is 0 Å². The van der Waals surface area contributed by atoms with E-state index in [1.54, 1.807) is 19.1 Å². The number of carbonyl (C=O) groups excluding carboxylic acids is 1. The molecule has 1 fully saturated rings. The smallest absolute Gasteiger partial charge is 0.217 e. The van der Waals surface area contributed by atoms with E-state index in [1.165, 1.54) is 12.1 Å². The van der Waals surface area contributed by atoms with E-state index in [0.29, 0.717) is 24.1 Å². The summed E-state index contributed by atoms with van der Waals surface area (Å²) in [6.07, 6.45) is 3.49. The molecule has 0 radical (unpaired) electrons. The molecule has 0 saturated heterocycles. The first-order chi connectivity index (χ1) is 10.5. The van der Waals surface area contributed by atoms with Crippen molar-refractivity contribution in [2.45, 2.75) is 44.8 Å². The molecule has 1 saturated carbocycles. The van der Waals surface area contributed by atoms with Crippen molar-refractivity contribution in [2.75, 3.05) is 13.1 Å². The number of aliphatic hydroxyl groups excluding tert-OH is 1. The number of benzene rings is 1. The fourth-order valence-corrected chi connectivity index (χ4v) is 3.05. The van der Waals surface area contributed by atoms with Crippen LogP contribution in [0.5, 0.6) is 0 Å². The van der Waals surface area contributed by atoms with E-state index in [-0.39, 0.29) is 11.7 Å². The largest absolute Gasteiger partial charge is 0.387 e. The van der Waals surface area contributed by atoms with E-state index in [1.807, 2.05) is 0 Å². The van der Waals surface area contributed by atoms with Crippen LogP contribution in [0.15, 0.2) is 24.3 Å². The van der Waals surface area contributed by atoms with Crippen LogP contribution < -0.4 is 10.6 Å². The molecular weight excluding hydrogens is 283 g/mol.